The lowest BCUT2D eigenvalue weighted by Gasteiger charge is -2.20. The number of carbonyl (C=O) groups is 1. The summed E-state index contributed by atoms with van der Waals surface area (Å²) in [6, 6.07) is 7.31. The molecule has 5 nitrogen and oxygen atoms in total. The summed E-state index contributed by atoms with van der Waals surface area (Å²) in [5.41, 5.74) is 0. The topological polar surface area (TPSA) is 58.6 Å². The van der Waals surface area contributed by atoms with Gasteiger partial charge >= 0.3 is 0 Å². The van der Waals surface area contributed by atoms with Crippen molar-refractivity contribution < 1.29 is 13.6 Å². The maximum Gasteiger partial charge on any atom is 0.237 e. The molecule has 2 aromatic rings. The van der Waals surface area contributed by atoms with Crippen molar-refractivity contribution in [2.24, 2.45) is 0 Å². The molecule has 0 bridgehead atoms. The van der Waals surface area contributed by atoms with Crippen molar-refractivity contribution in [2.75, 3.05) is 13.6 Å². The molecule has 0 radical (unpaired) electrons. The first kappa shape index (κ1) is 12.4. The molecule has 0 saturated heterocycles. The third kappa shape index (κ3) is 3.24. The Balaban J connectivity index is 2.04. The number of amides is 1. The molecule has 0 saturated carbocycles. The van der Waals surface area contributed by atoms with Gasteiger partial charge < -0.3 is 19.1 Å². The highest BCUT2D eigenvalue weighted by Crippen LogP contribution is 2.11. The Bertz CT molecular complexity index is 426. The average Bonchev–Trinajstić information content (AvgIpc) is 3.01. The quantitative estimate of drug-likeness (QED) is 0.844. The van der Waals surface area contributed by atoms with Crippen LogP contribution in [0.5, 0.6) is 0 Å². The van der Waals surface area contributed by atoms with Crippen LogP contribution in [0, 0.1) is 0 Å². The van der Waals surface area contributed by atoms with E-state index in [-0.39, 0.29) is 5.91 Å². The Morgan fingerprint density at radius 2 is 1.72 bits per heavy atom. The Kier molecular flexibility index (Phi) is 4.20. The highest BCUT2D eigenvalue weighted by Gasteiger charge is 2.16. The summed E-state index contributed by atoms with van der Waals surface area (Å²) < 4.78 is 10.5. The molecule has 96 valence electrons. The predicted octanol–water partition coefficient (Wildman–Crippen LogP) is 1.62. The number of hydrogen-bond acceptors (Lipinski definition) is 4. The van der Waals surface area contributed by atoms with E-state index in [0.29, 0.717) is 19.6 Å². The van der Waals surface area contributed by atoms with Gasteiger partial charge in [0, 0.05) is 0 Å². The van der Waals surface area contributed by atoms with Crippen LogP contribution in [0.1, 0.15) is 11.5 Å². The molecule has 0 fully saturated rings. The van der Waals surface area contributed by atoms with Gasteiger partial charge in [-0.3, -0.25) is 4.79 Å². The van der Waals surface area contributed by atoms with Crippen LogP contribution in [0.4, 0.5) is 0 Å². The number of nitrogens with one attached hydrogen (secondary N) is 1. The molecule has 1 amide bonds. The van der Waals surface area contributed by atoms with Gasteiger partial charge in [-0.25, -0.2) is 0 Å². The van der Waals surface area contributed by atoms with Gasteiger partial charge in [0.25, 0.3) is 0 Å². The zero-order chi connectivity index (χ0) is 12.8. The molecule has 1 N–H and O–H groups in total. The Labute approximate surface area is 105 Å². The van der Waals surface area contributed by atoms with Crippen LogP contribution in [0.15, 0.2) is 45.6 Å². The average molecular weight is 248 g/mol. The smallest absolute Gasteiger partial charge is 0.237 e. The van der Waals surface area contributed by atoms with Gasteiger partial charge in [0.05, 0.1) is 32.2 Å². The lowest BCUT2D eigenvalue weighted by atomic mass is 10.3. The molecule has 0 aliphatic rings. The Hall–Kier alpha value is -2.01. The van der Waals surface area contributed by atoms with E-state index in [1.807, 2.05) is 24.3 Å². The molecule has 0 spiro atoms. The van der Waals surface area contributed by atoms with E-state index in [0.717, 1.165) is 11.5 Å². The first-order chi connectivity index (χ1) is 8.79. The van der Waals surface area contributed by atoms with Crippen molar-refractivity contribution in [3.05, 3.63) is 48.3 Å². The van der Waals surface area contributed by atoms with E-state index in [1.165, 1.54) is 0 Å². The monoisotopic (exact) mass is 248 g/mol. The van der Waals surface area contributed by atoms with E-state index in [4.69, 9.17) is 8.83 Å². The van der Waals surface area contributed by atoms with E-state index >= 15 is 0 Å². The highest BCUT2D eigenvalue weighted by molar-refractivity contribution is 5.78. The Morgan fingerprint density at radius 3 is 2.11 bits per heavy atom. The zero-order valence-corrected chi connectivity index (χ0v) is 10.3. The fourth-order valence-electron chi connectivity index (χ4n) is 1.68. The molecule has 0 aliphatic heterocycles. The van der Waals surface area contributed by atoms with Crippen LogP contribution < -0.4 is 5.32 Å². The van der Waals surface area contributed by atoms with E-state index in [2.05, 4.69) is 5.32 Å². The van der Waals surface area contributed by atoms with Crippen molar-refractivity contribution in [1.82, 2.24) is 10.2 Å². The second-order valence-electron chi connectivity index (χ2n) is 3.94. The minimum atomic E-state index is 0.00491. The number of furan rings is 2. The Morgan fingerprint density at radius 1 is 1.17 bits per heavy atom. The van der Waals surface area contributed by atoms with Crippen molar-refractivity contribution in [3.8, 4) is 0 Å². The normalized spacial score (nSPS) is 10.5. The van der Waals surface area contributed by atoms with Gasteiger partial charge in [-0.15, -0.1) is 0 Å². The molecule has 2 rings (SSSR count). The minimum Gasteiger partial charge on any atom is -0.467 e. The largest absolute Gasteiger partial charge is 0.467 e. The van der Waals surface area contributed by atoms with Crippen molar-refractivity contribution in [2.45, 2.75) is 13.1 Å². The first-order valence-electron chi connectivity index (χ1n) is 5.76. The summed E-state index contributed by atoms with van der Waals surface area (Å²) in [6.07, 6.45) is 3.20. The molecule has 2 heterocycles. The zero-order valence-electron chi connectivity index (χ0n) is 10.3. The van der Waals surface area contributed by atoms with Gasteiger partial charge in [-0.05, 0) is 31.3 Å². The molecule has 18 heavy (non-hydrogen) atoms. The molecule has 0 unspecified atom stereocenters. The van der Waals surface area contributed by atoms with Gasteiger partial charge in [0.15, 0.2) is 0 Å². The summed E-state index contributed by atoms with van der Waals surface area (Å²) >= 11 is 0. The predicted molar refractivity (Wildman–Crippen MR) is 65.6 cm³/mol. The van der Waals surface area contributed by atoms with Gasteiger partial charge in [-0.2, -0.15) is 0 Å². The summed E-state index contributed by atoms with van der Waals surface area (Å²) in [5, 5.41) is 2.85. The van der Waals surface area contributed by atoms with Gasteiger partial charge in [0.1, 0.15) is 11.5 Å². The SMILES string of the molecule is CNCC(=O)N(Cc1ccco1)Cc1ccco1. The third-order valence-corrected chi connectivity index (χ3v) is 2.53. The number of likely N-dealkylation sites (N-methyl/N-ethyl adjacent to an activating group) is 1. The van der Waals surface area contributed by atoms with Crippen molar-refractivity contribution in [3.63, 3.8) is 0 Å². The second-order valence-corrected chi connectivity index (χ2v) is 3.94. The third-order valence-electron chi connectivity index (χ3n) is 2.53. The van der Waals surface area contributed by atoms with E-state index in [9.17, 15) is 4.79 Å². The summed E-state index contributed by atoms with van der Waals surface area (Å²) in [5.74, 6) is 1.52. The summed E-state index contributed by atoms with van der Waals surface area (Å²) in [7, 11) is 1.75. The summed E-state index contributed by atoms with van der Waals surface area (Å²) in [4.78, 5) is 13.7. The molecule has 0 aromatic carbocycles. The maximum absolute atomic E-state index is 12.0. The van der Waals surface area contributed by atoms with Crippen LogP contribution in [-0.4, -0.2) is 24.4 Å². The van der Waals surface area contributed by atoms with Crippen LogP contribution in [-0.2, 0) is 17.9 Å². The van der Waals surface area contributed by atoms with Crippen LogP contribution in [0.25, 0.3) is 0 Å². The van der Waals surface area contributed by atoms with E-state index in [1.54, 1.807) is 24.5 Å². The van der Waals surface area contributed by atoms with Crippen LogP contribution in [0.3, 0.4) is 0 Å². The second kappa shape index (κ2) is 6.07. The number of nitrogens with zero attached hydrogens (tertiary/aromatic N) is 1. The molecule has 0 atom stereocenters. The first-order valence-corrected chi connectivity index (χ1v) is 5.76. The fraction of sp³-hybridized carbons (Fsp3) is 0.308. The highest BCUT2D eigenvalue weighted by atomic mass is 16.3. The molecule has 0 aliphatic carbocycles. The number of hydrogen-bond donors (Lipinski definition) is 1. The van der Waals surface area contributed by atoms with Gasteiger partial charge in [-0.1, -0.05) is 0 Å². The maximum atomic E-state index is 12.0. The molecule has 2 aromatic heterocycles. The van der Waals surface area contributed by atoms with Gasteiger partial charge in [0.2, 0.25) is 5.91 Å². The molecular weight excluding hydrogens is 232 g/mol. The molecule has 5 heteroatoms. The lowest BCUT2D eigenvalue weighted by molar-refractivity contribution is -0.131. The fourth-order valence-corrected chi connectivity index (χ4v) is 1.68. The van der Waals surface area contributed by atoms with E-state index < -0.39 is 0 Å². The summed E-state index contributed by atoms with van der Waals surface area (Å²) in [6.45, 7) is 1.17. The molecular formula is C13H16N2O3. The van der Waals surface area contributed by atoms with Crippen molar-refractivity contribution in [1.29, 1.82) is 0 Å². The van der Waals surface area contributed by atoms with Crippen LogP contribution in [0.2, 0.25) is 0 Å². The number of carbonyl (C=O) groups excluding carboxylic acids is 1. The standard InChI is InChI=1S/C13H16N2O3/c1-14-8-13(16)15(9-11-4-2-6-17-11)10-12-5-3-7-18-12/h2-7,14H,8-10H2,1H3. The van der Waals surface area contributed by atoms with Crippen LogP contribution >= 0.6 is 0 Å². The minimum absolute atomic E-state index is 0.00491. The van der Waals surface area contributed by atoms with Crippen molar-refractivity contribution >= 4 is 5.91 Å². The lowest BCUT2D eigenvalue weighted by Crippen LogP contribution is -2.36. The number of rotatable bonds is 6.